The Hall–Kier alpha value is 0.346. The van der Waals surface area contributed by atoms with Crippen LogP contribution >= 0.6 is 0 Å². The fourth-order valence-electron chi connectivity index (χ4n) is 8.55. The van der Waals surface area contributed by atoms with Gasteiger partial charge in [-0.2, -0.15) is 0 Å². The minimum absolute atomic E-state index is 0. The van der Waals surface area contributed by atoms with Crippen LogP contribution in [0.25, 0.3) is 0 Å². The van der Waals surface area contributed by atoms with Crippen LogP contribution in [0.4, 0.5) is 0 Å². The molecule has 4 fully saturated rings. The maximum Gasteiger partial charge on any atom is 1.00 e. The summed E-state index contributed by atoms with van der Waals surface area (Å²) in [5.41, 5.74) is -0.931. The molecule has 4 aliphatic carbocycles. The Morgan fingerprint density at radius 3 is 2.55 bits per heavy atom. The zero-order chi connectivity index (χ0) is 22.9. The Bertz CT molecular complexity index is 966. The fourth-order valence-corrected chi connectivity index (χ4v) is 9.06. The van der Waals surface area contributed by atoms with E-state index >= 15 is 0 Å². The van der Waals surface area contributed by atoms with Crippen molar-refractivity contribution in [1.29, 1.82) is 0 Å². The van der Waals surface area contributed by atoms with Gasteiger partial charge in [0, 0.05) is 16.9 Å². The molecule has 0 amide bonds. The molecule has 1 N–H and O–H groups in total. The Morgan fingerprint density at radius 1 is 1.15 bits per heavy atom. The predicted octanol–water partition coefficient (Wildman–Crippen LogP) is -0.728. The van der Waals surface area contributed by atoms with Crippen molar-refractivity contribution in [3.8, 4) is 0 Å². The van der Waals surface area contributed by atoms with Gasteiger partial charge < -0.3 is 19.2 Å². The standard InChI is InChI=1S/C23H32O8S.K/c1-21-7-5-18-19(23(21,26)9-6-17(21)14-10-20(25)30-12-14)3-2-15-11-16(31-32(27,28)29)4-8-22(15,18)13-24;/h10,13,15-19,26H,2-9,11-12H2,1H3,(H,27,28,29);/q;+1/p-1/t15-,16-,17+,18-,19+,21+,22+,23-;/m0./s1. The summed E-state index contributed by atoms with van der Waals surface area (Å²) in [7, 11) is -4.78. The number of ether oxygens (including phenoxy) is 1. The van der Waals surface area contributed by atoms with E-state index in [2.05, 4.69) is 6.92 Å². The average molecular weight is 507 g/mol. The molecule has 5 aliphatic rings. The quantitative estimate of drug-likeness (QED) is 0.174. The topological polar surface area (TPSA) is 130 Å². The third-order valence-corrected chi connectivity index (χ3v) is 10.5. The largest absolute Gasteiger partial charge is 1.00 e. The molecular formula is C23H31KO8S. The molecule has 33 heavy (non-hydrogen) atoms. The first-order valence-electron chi connectivity index (χ1n) is 11.7. The van der Waals surface area contributed by atoms with Crippen molar-refractivity contribution in [2.75, 3.05) is 6.61 Å². The van der Waals surface area contributed by atoms with Crippen molar-refractivity contribution in [1.82, 2.24) is 0 Å². The van der Waals surface area contributed by atoms with E-state index in [4.69, 9.17) is 8.92 Å². The van der Waals surface area contributed by atoms with E-state index < -0.39 is 27.5 Å². The molecule has 0 spiro atoms. The number of hydrogen-bond donors (Lipinski definition) is 1. The van der Waals surface area contributed by atoms with E-state index in [-0.39, 0.29) is 86.4 Å². The third-order valence-electron chi connectivity index (χ3n) is 9.97. The number of carbonyl (C=O) groups excluding carboxylic acids is 2. The van der Waals surface area contributed by atoms with Crippen LogP contribution in [0.15, 0.2) is 11.6 Å². The first-order valence-corrected chi connectivity index (χ1v) is 13.1. The average Bonchev–Trinajstić information content (AvgIpc) is 3.26. The van der Waals surface area contributed by atoms with E-state index in [1.807, 2.05) is 0 Å². The van der Waals surface area contributed by atoms with Crippen LogP contribution in [0, 0.1) is 34.5 Å². The molecule has 0 aromatic rings. The van der Waals surface area contributed by atoms with Crippen molar-refractivity contribution in [3.63, 3.8) is 0 Å². The van der Waals surface area contributed by atoms with Gasteiger partial charge in [0.25, 0.3) is 0 Å². The van der Waals surface area contributed by atoms with Crippen LogP contribution in [0.2, 0.25) is 0 Å². The zero-order valence-electron chi connectivity index (χ0n) is 19.3. The minimum atomic E-state index is -4.78. The number of hydrogen-bond acceptors (Lipinski definition) is 8. The van der Waals surface area contributed by atoms with Gasteiger partial charge in [0.2, 0.25) is 10.4 Å². The van der Waals surface area contributed by atoms with Gasteiger partial charge in [-0.05, 0) is 87.0 Å². The third kappa shape index (κ3) is 4.09. The van der Waals surface area contributed by atoms with Crippen LogP contribution in [0.1, 0.15) is 64.7 Å². The zero-order valence-corrected chi connectivity index (χ0v) is 23.3. The molecule has 0 unspecified atom stereocenters. The summed E-state index contributed by atoms with van der Waals surface area (Å²) in [5.74, 6) is -0.262. The molecule has 4 saturated carbocycles. The molecule has 0 aromatic carbocycles. The van der Waals surface area contributed by atoms with Gasteiger partial charge >= 0.3 is 57.4 Å². The molecule has 1 aliphatic heterocycles. The number of rotatable bonds is 4. The smallest absolute Gasteiger partial charge is 0.726 e. The second-order valence-corrected chi connectivity index (χ2v) is 11.9. The summed E-state index contributed by atoms with van der Waals surface area (Å²) < 4.78 is 43.2. The van der Waals surface area contributed by atoms with E-state index in [1.165, 1.54) is 0 Å². The molecule has 0 radical (unpaired) electrons. The summed E-state index contributed by atoms with van der Waals surface area (Å²) in [6.45, 7) is 2.43. The molecule has 0 bridgehead atoms. The maximum absolute atomic E-state index is 12.6. The van der Waals surface area contributed by atoms with E-state index in [9.17, 15) is 27.7 Å². The minimum Gasteiger partial charge on any atom is -0.726 e. The Kier molecular flexibility index (Phi) is 7.22. The Balaban J connectivity index is 0.00000259. The first kappa shape index (κ1) is 26.4. The number of aliphatic hydroxyl groups is 1. The van der Waals surface area contributed by atoms with Gasteiger partial charge in [0.1, 0.15) is 12.9 Å². The van der Waals surface area contributed by atoms with Gasteiger partial charge in [0.05, 0.1) is 11.7 Å². The number of aldehydes is 1. The summed E-state index contributed by atoms with van der Waals surface area (Å²) in [6.07, 6.45) is 7.65. The van der Waals surface area contributed by atoms with E-state index in [0.717, 1.165) is 37.5 Å². The summed E-state index contributed by atoms with van der Waals surface area (Å²) >= 11 is 0. The molecule has 10 heteroatoms. The summed E-state index contributed by atoms with van der Waals surface area (Å²) in [6, 6.07) is 0. The molecular weight excluding hydrogens is 475 g/mol. The van der Waals surface area contributed by atoms with Crippen LogP contribution in [-0.2, 0) is 28.9 Å². The van der Waals surface area contributed by atoms with Crippen LogP contribution in [-0.4, -0.2) is 48.6 Å². The van der Waals surface area contributed by atoms with Crippen molar-refractivity contribution < 1.29 is 88.0 Å². The summed E-state index contributed by atoms with van der Waals surface area (Å²) in [5, 5.41) is 12.2. The van der Waals surface area contributed by atoms with E-state index in [0.29, 0.717) is 38.7 Å². The van der Waals surface area contributed by atoms with Gasteiger partial charge in [-0.25, -0.2) is 13.2 Å². The van der Waals surface area contributed by atoms with Crippen LogP contribution < -0.4 is 51.4 Å². The first-order chi connectivity index (χ1) is 15.0. The number of esters is 1. The molecule has 8 atom stereocenters. The molecule has 1 heterocycles. The predicted molar refractivity (Wildman–Crippen MR) is 111 cm³/mol. The van der Waals surface area contributed by atoms with Gasteiger partial charge in [0.15, 0.2) is 0 Å². The SMILES string of the molecule is C[C@]12CC[C@H]3[C@@H](CC[C@H]4C[C@@H](OS(=O)(=O)[O-])CC[C@@]43C=O)[C@@]1(O)CC[C@@H]2C1=CC(=O)OC1.[K+]. The van der Waals surface area contributed by atoms with Gasteiger partial charge in [-0.15, -0.1) is 0 Å². The fraction of sp³-hybridized carbons (Fsp3) is 0.826. The van der Waals surface area contributed by atoms with Crippen molar-refractivity contribution in [2.45, 2.75) is 76.4 Å². The normalized spacial score (nSPS) is 46.8. The van der Waals surface area contributed by atoms with Gasteiger partial charge in [-0.3, -0.25) is 4.18 Å². The van der Waals surface area contributed by atoms with Crippen molar-refractivity contribution >= 4 is 22.7 Å². The second-order valence-electron chi connectivity index (χ2n) is 10.9. The molecule has 178 valence electrons. The Labute approximate surface area is 237 Å². The molecule has 5 rings (SSSR count). The summed E-state index contributed by atoms with van der Waals surface area (Å²) in [4.78, 5) is 24.3. The van der Waals surface area contributed by atoms with Gasteiger partial charge in [-0.1, -0.05) is 6.92 Å². The van der Waals surface area contributed by atoms with Crippen molar-refractivity contribution in [3.05, 3.63) is 11.6 Å². The van der Waals surface area contributed by atoms with E-state index in [1.54, 1.807) is 6.08 Å². The van der Waals surface area contributed by atoms with Crippen LogP contribution in [0.3, 0.4) is 0 Å². The monoisotopic (exact) mass is 506 g/mol. The molecule has 0 aromatic heterocycles. The maximum atomic E-state index is 12.6. The van der Waals surface area contributed by atoms with Crippen molar-refractivity contribution in [2.24, 2.45) is 34.5 Å². The molecule has 8 nitrogen and oxygen atoms in total. The second kappa shape index (κ2) is 9.02. The Morgan fingerprint density at radius 2 is 1.91 bits per heavy atom. The number of cyclic esters (lactones) is 1. The number of carbonyl (C=O) groups is 2. The molecule has 0 saturated heterocycles. The van der Waals surface area contributed by atoms with Crippen LogP contribution in [0.5, 0.6) is 0 Å². The number of fused-ring (bicyclic) bond motifs is 5.